The van der Waals surface area contributed by atoms with Gasteiger partial charge in [0.15, 0.2) is 5.96 Å². The lowest BCUT2D eigenvalue weighted by Crippen LogP contribution is -2.62. The van der Waals surface area contributed by atoms with E-state index >= 15 is 0 Å². The number of nitrogens with zero attached hydrogens (tertiary/aromatic N) is 2. The first-order chi connectivity index (χ1) is 26.5. The second-order valence-corrected chi connectivity index (χ2v) is 13.7. The largest absolute Gasteiger partial charge is 0.481 e. The van der Waals surface area contributed by atoms with Gasteiger partial charge in [0.25, 0.3) is 0 Å². The third-order valence-electron chi connectivity index (χ3n) is 8.50. The zero-order valence-electron chi connectivity index (χ0n) is 31.8. The topological polar surface area (TPSA) is 437 Å². The Kier molecular flexibility index (Phi) is 19.8. The number of aliphatic hydroxyl groups is 1. The average molecular weight is 815 g/mol. The van der Waals surface area contributed by atoms with Crippen LogP contribution in [0, 0.1) is 5.92 Å². The number of carboxylic acids is 2. The molecule has 0 aromatic heterocycles. The number of primary amides is 2. The van der Waals surface area contributed by atoms with Crippen molar-refractivity contribution in [2.24, 2.45) is 39.6 Å². The lowest BCUT2D eigenvalue weighted by atomic mass is 10.0. The first-order valence-electron chi connectivity index (χ1n) is 17.8. The molecule has 18 N–H and O–H groups in total. The molecule has 25 nitrogen and oxygen atoms in total. The Morgan fingerprint density at radius 1 is 0.702 bits per heavy atom. The molecule has 25 heteroatoms. The van der Waals surface area contributed by atoms with Crippen molar-refractivity contribution in [3.8, 4) is 0 Å². The van der Waals surface area contributed by atoms with Crippen molar-refractivity contribution in [2.75, 3.05) is 13.1 Å². The number of aliphatic carboxylic acids is 2. The minimum Gasteiger partial charge on any atom is -0.481 e. The molecule has 1 aliphatic heterocycles. The molecule has 8 amide bonds. The van der Waals surface area contributed by atoms with Gasteiger partial charge in [0.2, 0.25) is 47.3 Å². The quantitative estimate of drug-likeness (QED) is 0.0245. The first kappa shape index (κ1) is 48.9. The highest BCUT2D eigenvalue weighted by molar-refractivity contribution is 5.99. The number of rotatable bonds is 24. The van der Waals surface area contributed by atoms with E-state index in [1.807, 2.05) is 5.32 Å². The summed E-state index contributed by atoms with van der Waals surface area (Å²) in [6.07, 6.45) is -3.77. The van der Waals surface area contributed by atoms with Crippen molar-refractivity contribution in [3.05, 3.63) is 0 Å². The van der Waals surface area contributed by atoms with Crippen LogP contribution in [0.15, 0.2) is 4.99 Å². The number of nitrogens with two attached hydrogens (primary N) is 5. The number of carbonyl (C=O) groups excluding carboxylic acids is 8. The normalized spacial score (nSPS) is 17.3. The van der Waals surface area contributed by atoms with Gasteiger partial charge < -0.3 is 75.5 Å². The van der Waals surface area contributed by atoms with Crippen molar-refractivity contribution in [3.63, 3.8) is 0 Å². The van der Waals surface area contributed by atoms with Crippen molar-refractivity contribution in [2.45, 2.75) is 114 Å². The molecule has 320 valence electrons. The maximum absolute atomic E-state index is 13.7. The molecule has 0 aromatic carbocycles. The summed E-state index contributed by atoms with van der Waals surface area (Å²) in [5.41, 5.74) is 26.8. The summed E-state index contributed by atoms with van der Waals surface area (Å²) >= 11 is 0. The van der Waals surface area contributed by atoms with Crippen LogP contribution in [-0.2, 0) is 47.9 Å². The third-order valence-corrected chi connectivity index (χ3v) is 8.50. The molecule has 0 saturated carbocycles. The van der Waals surface area contributed by atoms with Gasteiger partial charge in [-0.25, -0.2) is 4.79 Å². The molecule has 1 fully saturated rings. The molecule has 1 saturated heterocycles. The average Bonchev–Trinajstić information content (AvgIpc) is 3.59. The molecule has 57 heavy (non-hydrogen) atoms. The second kappa shape index (κ2) is 23.1. The summed E-state index contributed by atoms with van der Waals surface area (Å²) in [7, 11) is 0. The van der Waals surface area contributed by atoms with Crippen LogP contribution in [0.4, 0.5) is 0 Å². The monoisotopic (exact) mass is 814 g/mol. The summed E-state index contributed by atoms with van der Waals surface area (Å²) in [4.78, 5) is 131. The number of nitrogens with one attached hydrogen (secondary N) is 5. The molecular formula is C32H54N12O13. The third kappa shape index (κ3) is 16.7. The SMILES string of the molecule is CC(C)[C@H](NC(=O)[C@H](CCCN=C(N)N)NC(=O)[C@H](CC(N)=O)NC(=O)[C@H](CC(N)=O)NC(=O)[C@@H](NC(=O)[C@@H](N)CC(=O)O)[C@@H](C)O)C(=O)N1CCC[C@H]1C(=O)O. The number of guanidine groups is 1. The van der Waals surface area contributed by atoms with E-state index in [1.165, 1.54) is 0 Å². The van der Waals surface area contributed by atoms with Crippen LogP contribution in [0.5, 0.6) is 0 Å². The predicted octanol–water partition coefficient (Wildman–Crippen LogP) is -6.87. The van der Waals surface area contributed by atoms with E-state index in [0.717, 1.165) is 11.8 Å². The fraction of sp³-hybridized carbons (Fsp3) is 0.656. The molecular weight excluding hydrogens is 760 g/mol. The lowest BCUT2D eigenvalue weighted by Gasteiger charge is -2.31. The Bertz CT molecular complexity index is 1550. The maximum atomic E-state index is 13.7. The Balaban J connectivity index is 3.36. The van der Waals surface area contributed by atoms with Gasteiger partial charge in [0, 0.05) is 13.1 Å². The van der Waals surface area contributed by atoms with Crippen LogP contribution >= 0.6 is 0 Å². The van der Waals surface area contributed by atoms with Crippen molar-refractivity contribution >= 4 is 65.2 Å². The number of aliphatic hydroxyl groups excluding tert-OH is 1. The highest BCUT2D eigenvalue weighted by Crippen LogP contribution is 2.20. The molecule has 0 unspecified atom stereocenters. The Hall–Kier alpha value is -6.11. The van der Waals surface area contributed by atoms with Gasteiger partial charge in [0.1, 0.15) is 36.3 Å². The van der Waals surface area contributed by atoms with Gasteiger partial charge in [-0.15, -0.1) is 0 Å². The number of carboxylic acid groups (broad SMARTS) is 2. The van der Waals surface area contributed by atoms with Gasteiger partial charge in [-0.1, -0.05) is 13.8 Å². The number of carbonyl (C=O) groups is 10. The van der Waals surface area contributed by atoms with Gasteiger partial charge in [-0.3, -0.25) is 48.1 Å². The van der Waals surface area contributed by atoms with E-state index in [-0.39, 0.29) is 38.3 Å². The smallest absolute Gasteiger partial charge is 0.326 e. The van der Waals surface area contributed by atoms with Crippen LogP contribution in [0.2, 0.25) is 0 Å². The van der Waals surface area contributed by atoms with E-state index in [9.17, 15) is 58.2 Å². The molecule has 0 spiro atoms. The number of hydrogen-bond acceptors (Lipinski definition) is 13. The maximum Gasteiger partial charge on any atom is 0.326 e. The summed E-state index contributed by atoms with van der Waals surface area (Å²) in [5.74, 6) is -12.2. The van der Waals surface area contributed by atoms with Gasteiger partial charge in [-0.05, 0) is 38.5 Å². The highest BCUT2D eigenvalue weighted by Gasteiger charge is 2.40. The standard InChI is InChI=1S/C32H54N12O13/c1-13(2)23(30(55)44-9-5-7-19(44)31(56)57)42-26(51)16(6-4-8-38-32(36)37)39-27(52)17(11-20(34)46)40-28(53)18(12-21(35)47)41-29(54)24(14(3)45)43-25(50)15(33)10-22(48)49/h13-19,23-24,45H,4-12,33H2,1-3H3,(H2,34,46)(H2,35,47)(H,39,52)(H,40,53)(H,41,54)(H,42,51)(H,43,50)(H,48,49)(H,56,57)(H4,36,37,38)/t14-,15+,16+,17+,18+,19+,23+,24+/m1/s1. The molecule has 1 rings (SSSR count). The lowest BCUT2D eigenvalue weighted by molar-refractivity contribution is -0.150. The number of amides is 8. The molecule has 0 aromatic rings. The minimum absolute atomic E-state index is 0.0159. The molecule has 1 heterocycles. The number of hydrogen-bond donors (Lipinski definition) is 13. The van der Waals surface area contributed by atoms with E-state index < -0.39 is 133 Å². The Labute approximate surface area is 326 Å². The Morgan fingerprint density at radius 2 is 1.19 bits per heavy atom. The Morgan fingerprint density at radius 3 is 1.65 bits per heavy atom. The fourth-order valence-electron chi connectivity index (χ4n) is 5.58. The van der Waals surface area contributed by atoms with Crippen LogP contribution in [0.1, 0.15) is 65.7 Å². The van der Waals surface area contributed by atoms with Crippen LogP contribution in [-0.4, -0.2) is 147 Å². The van der Waals surface area contributed by atoms with Gasteiger partial charge in [-0.2, -0.15) is 0 Å². The summed E-state index contributed by atoms with van der Waals surface area (Å²) < 4.78 is 0. The minimum atomic E-state index is -1.90. The zero-order chi connectivity index (χ0) is 43.7. The van der Waals surface area contributed by atoms with Gasteiger partial charge >= 0.3 is 11.9 Å². The van der Waals surface area contributed by atoms with Crippen molar-refractivity contribution in [1.29, 1.82) is 0 Å². The molecule has 1 aliphatic rings. The van der Waals surface area contributed by atoms with Crippen LogP contribution < -0.4 is 55.3 Å². The zero-order valence-corrected chi connectivity index (χ0v) is 31.8. The van der Waals surface area contributed by atoms with E-state index in [0.29, 0.717) is 6.42 Å². The van der Waals surface area contributed by atoms with Crippen molar-refractivity contribution < 1.29 is 63.3 Å². The summed E-state index contributed by atoms with van der Waals surface area (Å²) in [6, 6.07) is -11.1. The highest BCUT2D eigenvalue weighted by atomic mass is 16.4. The van der Waals surface area contributed by atoms with Crippen LogP contribution in [0.3, 0.4) is 0 Å². The van der Waals surface area contributed by atoms with Gasteiger partial charge in [0.05, 0.1) is 31.4 Å². The molecule has 0 radical (unpaired) electrons. The number of aliphatic imine (C=N–C) groups is 1. The molecule has 0 bridgehead atoms. The first-order valence-corrected chi connectivity index (χ1v) is 17.8. The number of likely N-dealkylation sites (tertiary alicyclic amines) is 1. The fourth-order valence-corrected chi connectivity index (χ4v) is 5.58. The predicted molar refractivity (Wildman–Crippen MR) is 196 cm³/mol. The van der Waals surface area contributed by atoms with Crippen molar-refractivity contribution in [1.82, 2.24) is 31.5 Å². The molecule has 0 aliphatic carbocycles. The van der Waals surface area contributed by atoms with E-state index in [4.69, 9.17) is 33.8 Å². The second-order valence-electron chi connectivity index (χ2n) is 13.7. The van der Waals surface area contributed by atoms with Crippen LogP contribution in [0.25, 0.3) is 0 Å². The molecule has 8 atom stereocenters. The summed E-state index contributed by atoms with van der Waals surface area (Å²) in [5, 5.41) is 39.9. The van der Waals surface area contributed by atoms with E-state index in [1.54, 1.807) is 13.8 Å². The summed E-state index contributed by atoms with van der Waals surface area (Å²) in [6.45, 7) is 4.39. The van der Waals surface area contributed by atoms with E-state index in [2.05, 4.69) is 26.3 Å².